The summed E-state index contributed by atoms with van der Waals surface area (Å²) in [4.78, 5) is 13.9. The van der Waals surface area contributed by atoms with Gasteiger partial charge in [-0.1, -0.05) is 23.7 Å². The molecule has 2 fully saturated rings. The third-order valence-electron chi connectivity index (χ3n) is 6.24. The Hall–Kier alpha value is -1.89. The lowest BCUT2D eigenvalue weighted by Crippen LogP contribution is -2.57. The van der Waals surface area contributed by atoms with Gasteiger partial charge in [-0.15, -0.1) is 0 Å². The van der Waals surface area contributed by atoms with E-state index in [4.69, 9.17) is 16.3 Å². The van der Waals surface area contributed by atoms with E-state index in [2.05, 4.69) is 27.8 Å². The van der Waals surface area contributed by atoms with Crippen LogP contribution in [0.4, 0.5) is 0 Å². The number of benzene rings is 1. The molecule has 2 aliphatic rings. The van der Waals surface area contributed by atoms with E-state index in [-0.39, 0.29) is 6.04 Å². The third kappa shape index (κ3) is 4.82. The smallest absolute Gasteiger partial charge is 0.334 e. The molecule has 6 nitrogen and oxygen atoms in total. The topological polar surface area (TPSA) is 67.6 Å². The number of rotatable bonds is 5. The monoisotopic (exact) mass is 417 g/mol. The highest BCUT2D eigenvalue weighted by Gasteiger charge is 2.38. The largest absolute Gasteiger partial charge is 0.479 e. The number of carbonyl (C=O) groups is 1. The summed E-state index contributed by atoms with van der Waals surface area (Å²) in [6, 6.07) is 8.89. The molecule has 156 valence electrons. The Bertz CT molecular complexity index is 830. The number of morpholine rings is 1. The van der Waals surface area contributed by atoms with E-state index in [1.165, 1.54) is 11.1 Å². The summed E-state index contributed by atoms with van der Waals surface area (Å²) in [6.45, 7) is 2.96. The maximum Gasteiger partial charge on any atom is 0.334 e. The van der Waals surface area contributed by atoms with Crippen LogP contribution in [-0.4, -0.2) is 57.1 Å². The summed E-state index contributed by atoms with van der Waals surface area (Å²) < 4.78 is 7.77. The van der Waals surface area contributed by atoms with Gasteiger partial charge in [-0.25, -0.2) is 4.79 Å². The van der Waals surface area contributed by atoms with Crippen LogP contribution in [0.1, 0.15) is 42.9 Å². The van der Waals surface area contributed by atoms with Crippen LogP contribution in [0.2, 0.25) is 5.02 Å². The lowest BCUT2D eigenvalue weighted by Gasteiger charge is -2.45. The number of nitrogens with zero attached hydrogens (tertiary/aromatic N) is 3. The first kappa shape index (κ1) is 20.4. The second-order valence-corrected chi connectivity index (χ2v) is 8.74. The molecular formula is C22H28ClN3O3. The SMILES string of the molecule is Cc1cnn(C2CCC(N3C[C@H](C(=O)O)OC[C@@H]3Cc3ccc(Cl)cc3)CC2)c1. The highest BCUT2D eigenvalue weighted by molar-refractivity contribution is 6.30. The molecule has 0 amide bonds. The molecule has 0 unspecified atom stereocenters. The Morgan fingerprint density at radius 2 is 1.90 bits per heavy atom. The Kier molecular flexibility index (Phi) is 6.23. The normalized spacial score (nSPS) is 28.3. The molecular weight excluding hydrogens is 390 g/mol. The summed E-state index contributed by atoms with van der Waals surface area (Å²) in [5.74, 6) is -0.874. The van der Waals surface area contributed by atoms with Gasteiger partial charge in [0.15, 0.2) is 6.10 Å². The highest BCUT2D eigenvalue weighted by Crippen LogP contribution is 2.33. The van der Waals surface area contributed by atoms with Crippen LogP contribution in [0.3, 0.4) is 0 Å². The summed E-state index contributed by atoms with van der Waals surface area (Å²) >= 11 is 6.02. The minimum Gasteiger partial charge on any atom is -0.479 e. The van der Waals surface area contributed by atoms with Crippen molar-refractivity contribution in [3.05, 3.63) is 52.8 Å². The zero-order valence-corrected chi connectivity index (χ0v) is 17.5. The van der Waals surface area contributed by atoms with Crippen molar-refractivity contribution in [1.82, 2.24) is 14.7 Å². The fourth-order valence-corrected chi connectivity index (χ4v) is 4.79. The van der Waals surface area contributed by atoms with Crippen molar-refractivity contribution in [2.24, 2.45) is 0 Å². The molecule has 1 N–H and O–H groups in total. The lowest BCUT2D eigenvalue weighted by molar-refractivity contribution is -0.162. The van der Waals surface area contributed by atoms with Crippen molar-refractivity contribution >= 4 is 17.6 Å². The molecule has 2 atom stereocenters. The van der Waals surface area contributed by atoms with Crippen LogP contribution < -0.4 is 0 Å². The van der Waals surface area contributed by atoms with E-state index in [0.29, 0.717) is 25.2 Å². The molecule has 2 heterocycles. The Balaban J connectivity index is 1.44. The van der Waals surface area contributed by atoms with E-state index >= 15 is 0 Å². The zero-order chi connectivity index (χ0) is 20.4. The Morgan fingerprint density at radius 3 is 2.52 bits per heavy atom. The fourth-order valence-electron chi connectivity index (χ4n) is 4.67. The number of halogens is 1. The van der Waals surface area contributed by atoms with Gasteiger partial charge in [0.1, 0.15) is 0 Å². The second-order valence-electron chi connectivity index (χ2n) is 8.30. The molecule has 1 aromatic carbocycles. The van der Waals surface area contributed by atoms with Crippen LogP contribution in [0.5, 0.6) is 0 Å². The first-order chi connectivity index (χ1) is 14.0. The molecule has 29 heavy (non-hydrogen) atoms. The standard InChI is InChI=1S/C22H28ClN3O3/c1-15-11-24-26(12-15)19-8-6-18(7-9-19)25-13-21(22(27)28)29-14-20(25)10-16-2-4-17(23)5-3-16/h2-5,11-12,18-21H,6-10,13-14H2,1H3,(H,27,28)/t18?,19?,20-,21+/m0/s1. The van der Waals surface area contributed by atoms with Gasteiger partial charge in [0, 0.05) is 29.8 Å². The average Bonchev–Trinajstić information content (AvgIpc) is 3.16. The van der Waals surface area contributed by atoms with E-state index in [9.17, 15) is 9.90 Å². The number of hydrogen-bond donors (Lipinski definition) is 1. The Morgan fingerprint density at radius 1 is 1.21 bits per heavy atom. The van der Waals surface area contributed by atoms with Crippen molar-refractivity contribution < 1.29 is 14.6 Å². The molecule has 2 aromatic rings. The summed E-state index contributed by atoms with van der Waals surface area (Å²) in [5.41, 5.74) is 2.38. The molecule has 1 saturated heterocycles. The van der Waals surface area contributed by atoms with Gasteiger partial charge in [-0.2, -0.15) is 5.10 Å². The van der Waals surface area contributed by atoms with Crippen LogP contribution in [0.15, 0.2) is 36.7 Å². The van der Waals surface area contributed by atoms with Crippen LogP contribution in [0.25, 0.3) is 0 Å². The fraction of sp³-hybridized carbons (Fsp3) is 0.545. The summed E-state index contributed by atoms with van der Waals surface area (Å²) in [6.07, 6.45) is 8.34. The van der Waals surface area contributed by atoms with Crippen molar-refractivity contribution in [3.8, 4) is 0 Å². The number of aryl methyl sites for hydroxylation is 1. The lowest BCUT2D eigenvalue weighted by atomic mass is 9.88. The van der Waals surface area contributed by atoms with Crippen molar-refractivity contribution in [2.75, 3.05) is 13.2 Å². The van der Waals surface area contributed by atoms with E-state index in [1.807, 2.05) is 30.5 Å². The van der Waals surface area contributed by atoms with Crippen LogP contribution >= 0.6 is 11.6 Å². The Labute approximate surface area is 176 Å². The molecule has 4 rings (SSSR count). The molecule has 1 saturated carbocycles. The van der Waals surface area contributed by atoms with Crippen molar-refractivity contribution in [1.29, 1.82) is 0 Å². The average molecular weight is 418 g/mol. The number of carboxylic acid groups (broad SMARTS) is 1. The van der Waals surface area contributed by atoms with Crippen molar-refractivity contribution in [3.63, 3.8) is 0 Å². The number of aromatic nitrogens is 2. The van der Waals surface area contributed by atoms with Gasteiger partial charge < -0.3 is 9.84 Å². The van der Waals surface area contributed by atoms with Gasteiger partial charge in [0.05, 0.1) is 18.8 Å². The molecule has 1 aliphatic carbocycles. The van der Waals surface area contributed by atoms with Gasteiger partial charge in [-0.05, 0) is 62.3 Å². The van der Waals surface area contributed by atoms with Gasteiger partial charge in [0.25, 0.3) is 0 Å². The molecule has 1 aromatic heterocycles. The summed E-state index contributed by atoms with van der Waals surface area (Å²) in [5, 5.41) is 14.7. The van der Waals surface area contributed by atoms with Crippen molar-refractivity contribution in [2.45, 2.75) is 63.3 Å². The number of ether oxygens (including phenoxy) is 1. The minimum absolute atomic E-state index is 0.181. The zero-order valence-electron chi connectivity index (χ0n) is 16.7. The molecule has 0 spiro atoms. The predicted molar refractivity (Wildman–Crippen MR) is 111 cm³/mol. The van der Waals surface area contributed by atoms with E-state index < -0.39 is 12.1 Å². The highest BCUT2D eigenvalue weighted by atomic mass is 35.5. The molecule has 7 heteroatoms. The van der Waals surface area contributed by atoms with Gasteiger partial charge >= 0.3 is 5.97 Å². The van der Waals surface area contributed by atoms with Gasteiger partial charge in [0.2, 0.25) is 0 Å². The molecule has 1 aliphatic heterocycles. The third-order valence-corrected chi connectivity index (χ3v) is 6.49. The van der Waals surface area contributed by atoms with Crippen LogP contribution in [0, 0.1) is 6.92 Å². The first-order valence-corrected chi connectivity index (χ1v) is 10.7. The number of aliphatic carboxylic acids is 1. The first-order valence-electron chi connectivity index (χ1n) is 10.3. The number of carboxylic acids is 1. The molecule has 0 bridgehead atoms. The number of hydrogen-bond acceptors (Lipinski definition) is 4. The molecule has 0 radical (unpaired) electrons. The van der Waals surface area contributed by atoms with Gasteiger partial charge in [-0.3, -0.25) is 9.58 Å². The van der Waals surface area contributed by atoms with Crippen LogP contribution in [-0.2, 0) is 16.0 Å². The minimum atomic E-state index is -0.874. The quantitative estimate of drug-likeness (QED) is 0.802. The van der Waals surface area contributed by atoms with E-state index in [1.54, 1.807) is 0 Å². The van der Waals surface area contributed by atoms with E-state index in [0.717, 1.165) is 37.1 Å². The maximum absolute atomic E-state index is 11.5. The maximum atomic E-state index is 11.5. The second kappa shape index (κ2) is 8.86. The predicted octanol–water partition coefficient (Wildman–Crippen LogP) is 3.73. The summed E-state index contributed by atoms with van der Waals surface area (Å²) in [7, 11) is 0.